The Morgan fingerprint density at radius 2 is 1.42 bits per heavy atom. The second-order valence-electron chi connectivity index (χ2n) is 5.85. The second-order valence-corrected chi connectivity index (χ2v) is 7.63. The van der Waals surface area contributed by atoms with Crippen molar-refractivity contribution < 1.29 is 13.2 Å². The normalized spacial score (nSPS) is 11.1. The number of amides is 1. The van der Waals surface area contributed by atoms with Crippen LogP contribution in [-0.2, 0) is 10.0 Å². The van der Waals surface area contributed by atoms with Gasteiger partial charge in [0.15, 0.2) is 0 Å². The molecule has 0 fully saturated rings. The molecule has 1 amide bonds. The van der Waals surface area contributed by atoms with Crippen LogP contribution in [-0.4, -0.2) is 14.3 Å². The molecule has 0 radical (unpaired) electrons. The molecule has 6 heteroatoms. The van der Waals surface area contributed by atoms with Gasteiger partial charge < -0.3 is 5.73 Å². The number of carbonyl (C=O) groups excluding carboxylic acids is 1. The molecule has 0 unspecified atom stereocenters. The van der Waals surface area contributed by atoms with Crippen molar-refractivity contribution in [3.8, 4) is 0 Å². The van der Waals surface area contributed by atoms with Crippen LogP contribution >= 0.6 is 0 Å². The van der Waals surface area contributed by atoms with Crippen LogP contribution in [0.2, 0.25) is 0 Å². The Labute approximate surface area is 152 Å². The number of anilines is 2. The van der Waals surface area contributed by atoms with Crippen molar-refractivity contribution >= 4 is 27.3 Å². The predicted octanol–water partition coefficient (Wildman–Crippen LogP) is 3.61. The van der Waals surface area contributed by atoms with Crippen LogP contribution in [0.1, 0.15) is 15.9 Å². The van der Waals surface area contributed by atoms with Crippen LogP contribution in [0.15, 0.2) is 83.8 Å². The molecule has 3 aromatic rings. The maximum atomic E-state index is 13.2. The summed E-state index contributed by atoms with van der Waals surface area (Å²) in [6.45, 7) is 1.87. The van der Waals surface area contributed by atoms with E-state index in [1.54, 1.807) is 54.6 Å². The molecule has 0 bridgehead atoms. The minimum Gasteiger partial charge on any atom is -0.399 e. The highest BCUT2D eigenvalue weighted by molar-refractivity contribution is 7.93. The molecule has 2 N–H and O–H groups in total. The smallest absolute Gasteiger partial charge is 0.272 e. The number of benzene rings is 3. The van der Waals surface area contributed by atoms with Crippen molar-refractivity contribution in [2.45, 2.75) is 11.8 Å². The van der Waals surface area contributed by atoms with Crippen molar-refractivity contribution in [3.63, 3.8) is 0 Å². The Balaban J connectivity index is 2.14. The molecule has 0 atom stereocenters. The van der Waals surface area contributed by atoms with E-state index in [1.165, 1.54) is 24.3 Å². The average Bonchev–Trinajstić information content (AvgIpc) is 2.63. The third-order valence-corrected chi connectivity index (χ3v) is 5.62. The number of sulfonamides is 1. The summed E-state index contributed by atoms with van der Waals surface area (Å²) >= 11 is 0. The third-order valence-electron chi connectivity index (χ3n) is 3.89. The fourth-order valence-corrected chi connectivity index (χ4v) is 3.90. The van der Waals surface area contributed by atoms with Gasteiger partial charge in [-0.15, -0.1) is 0 Å². The Morgan fingerprint density at radius 3 is 2.00 bits per heavy atom. The molecule has 26 heavy (non-hydrogen) atoms. The van der Waals surface area contributed by atoms with E-state index in [4.69, 9.17) is 5.73 Å². The first kappa shape index (κ1) is 17.7. The summed E-state index contributed by atoms with van der Waals surface area (Å²) in [4.78, 5) is 13.1. The van der Waals surface area contributed by atoms with Crippen LogP contribution in [0.5, 0.6) is 0 Å². The van der Waals surface area contributed by atoms with Gasteiger partial charge in [-0.1, -0.05) is 35.9 Å². The zero-order valence-corrected chi connectivity index (χ0v) is 15.0. The van der Waals surface area contributed by atoms with Gasteiger partial charge >= 0.3 is 0 Å². The third kappa shape index (κ3) is 3.45. The van der Waals surface area contributed by atoms with Gasteiger partial charge in [-0.05, 0) is 55.5 Å². The first-order chi connectivity index (χ1) is 12.4. The molecule has 3 aromatic carbocycles. The molecular weight excluding hydrogens is 348 g/mol. The van der Waals surface area contributed by atoms with E-state index in [0.29, 0.717) is 5.69 Å². The summed E-state index contributed by atoms with van der Waals surface area (Å²) in [5, 5.41) is 0. The lowest BCUT2D eigenvalue weighted by Gasteiger charge is -2.23. The SMILES string of the molecule is Cc1ccc(S(=O)(=O)N(C(=O)c2ccc(N)cc2)c2ccccc2)cc1. The molecule has 0 saturated carbocycles. The van der Waals surface area contributed by atoms with E-state index in [-0.39, 0.29) is 16.1 Å². The summed E-state index contributed by atoms with van der Waals surface area (Å²) in [5.74, 6) is -0.642. The number of carbonyl (C=O) groups is 1. The van der Waals surface area contributed by atoms with Gasteiger partial charge in [0.2, 0.25) is 0 Å². The monoisotopic (exact) mass is 366 g/mol. The molecule has 0 spiro atoms. The van der Waals surface area contributed by atoms with Crippen LogP contribution < -0.4 is 10.0 Å². The van der Waals surface area contributed by atoms with E-state index in [2.05, 4.69) is 0 Å². The Morgan fingerprint density at radius 1 is 0.846 bits per heavy atom. The van der Waals surface area contributed by atoms with E-state index >= 15 is 0 Å². The first-order valence-electron chi connectivity index (χ1n) is 7.96. The molecular formula is C20H18N2O3S. The van der Waals surface area contributed by atoms with Crippen molar-refractivity contribution in [2.24, 2.45) is 0 Å². The van der Waals surface area contributed by atoms with Crippen LogP contribution in [0.3, 0.4) is 0 Å². The first-order valence-corrected chi connectivity index (χ1v) is 9.40. The Bertz CT molecular complexity index is 1010. The highest BCUT2D eigenvalue weighted by Crippen LogP contribution is 2.26. The van der Waals surface area contributed by atoms with Crippen LogP contribution in [0.25, 0.3) is 0 Å². The van der Waals surface area contributed by atoms with Gasteiger partial charge in [0.05, 0.1) is 10.6 Å². The molecule has 3 rings (SSSR count). The van der Waals surface area contributed by atoms with E-state index in [1.807, 2.05) is 6.92 Å². The molecule has 132 valence electrons. The minimum absolute atomic E-state index is 0.0516. The standard InChI is InChI=1S/C20H18N2O3S/c1-15-7-13-19(14-8-15)26(24,25)22(18-5-3-2-4-6-18)20(23)16-9-11-17(21)12-10-16/h2-14H,21H2,1H3. The summed E-state index contributed by atoms with van der Waals surface area (Å²) in [6.07, 6.45) is 0. The van der Waals surface area contributed by atoms with Crippen LogP contribution in [0.4, 0.5) is 11.4 Å². The highest BCUT2D eigenvalue weighted by atomic mass is 32.2. The number of hydrogen-bond donors (Lipinski definition) is 1. The topological polar surface area (TPSA) is 80.5 Å². The number of hydrogen-bond acceptors (Lipinski definition) is 4. The van der Waals surface area contributed by atoms with Gasteiger partial charge in [-0.25, -0.2) is 8.42 Å². The van der Waals surface area contributed by atoms with Crippen molar-refractivity contribution in [1.29, 1.82) is 0 Å². The van der Waals surface area contributed by atoms with Gasteiger partial charge in [-0.3, -0.25) is 4.79 Å². The van der Waals surface area contributed by atoms with Crippen molar-refractivity contribution in [2.75, 3.05) is 10.0 Å². The maximum absolute atomic E-state index is 13.2. The zero-order valence-electron chi connectivity index (χ0n) is 14.2. The summed E-state index contributed by atoms with van der Waals surface area (Å²) in [5.41, 5.74) is 7.60. The number of aryl methyl sites for hydroxylation is 1. The highest BCUT2D eigenvalue weighted by Gasteiger charge is 2.31. The Hall–Kier alpha value is -3.12. The van der Waals surface area contributed by atoms with E-state index in [0.717, 1.165) is 9.87 Å². The molecule has 5 nitrogen and oxygen atoms in total. The molecule has 0 heterocycles. The summed E-state index contributed by atoms with van der Waals surface area (Å²) < 4.78 is 27.2. The summed E-state index contributed by atoms with van der Waals surface area (Å²) in [6, 6.07) is 20.8. The fourth-order valence-electron chi connectivity index (χ4n) is 2.49. The quantitative estimate of drug-likeness (QED) is 0.715. The van der Waals surface area contributed by atoms with Gasteiger partial charge in [0.1, 0.15) is 0 Å². The Kier molecular flexibility index (Phi) is 4.77. The molecule has 0 aliphatic heterocycles. The van der Waals surface area contributed by atoms with Gasteiger partial charge in [0.25, 0.3) is 15.9 Å². The summed E-state index contributed by atoms with van der Waals surface area (Å²) in [7, 11) is -4.08. The van der Waals surface area contributed by atoms with E-state index in [9.17, 15) is 13.2 Å². The second kappa shape index (κ2) is 7.01. The van der Waals surface area contributed by atoms with Gasteiger partial charge in [-0.2, -0.15) is 4.31 Å². The predicted molar refractivity (Wildman–Crippen MR) is 102 cm³/mol. The minimum atomic E-state index is -4.08. The number of para-hydroxylation sites is 1. The molecule has 0 aliphatic carbocycles. The number of nitrogens with zero attached hydrogens (tertiary/aromatic N) is 1. The lowest BCUT2D eigenvalue weighted by molar-refractivity contribution is 0.101. The number of nitrogens with two attached hydrogens (primary N) is 1. The molecule has 0 aromatic heterocycles. The average molecular weight is 366 g/mol. The zero-order chi connectivity index (χ0) is 18.7. The number of nitrogen functional groups attached to an aromatic ring is 1. The van der Waals surface area contributed by atoms with Gasteiger partial charge in [0, 0.05) is 11.3 Å². The molecule has 0 saturated heterocycles. The largest absolute Gasteiger partial charge is 0.399 e. The lowest BCUT2D eigenvalue weighted by Crippen LogP contribution is -2.37. The van der Waals surface area contributed by atoms with Crippen molar-refractivity contribution in [3.05, 3.63) is 90.0 Å². The maximum Gasteiger partial charge on any atom is 0.272 e. The van der Waals surface area contributed by atoms with Crippen molar-refractivity contribution in [1.82, 2.24) is 0 Å². The van der Waals surface area contributed by atoms with E-state index < -0.39 is 15.9 Å². The van der Waals surface area contributed by atoms with Crippen LogP contribution in [0, 0.1) is 6.92 Å². The fraction of sp³-hybridized carbons (Fsp3) is 0.0500. The lowest BCUT2D eigenvalue weighted by atomic mass is 10.2. The molecule has 0 aliphatic rings. The number of rotatable bonds is 4.